The number of hydrogen-bond acceptors (Lipinski definition) is 8. The Morgan fingerprint density at radius 2 is 2.20 bits per heavy atom. The van der Waals surface area contributed by atoms with E-state index in [-0.39, 0.29) is 17.8 Å². The lowest BCUT2D eigenvalue weighted by atomic mass is 10.4. The zero-order valence-electron chi connectivity index (χ0n) is 11.2. The number of nitrogens with zero attached hydrogens (tertiary/aromatic N) is 4. The molecule has 0 spiro atoms. The number of hydroxylamine groups is 1. The highest BCUT2D eigenvalue weighted by molar-refractivity contribution is 5.82. The number of nitrogens with two attached hydrogens (primary N) is 1. The largest absolute Gasteiger partial charge is 0.453 e. The molecule has 0 bridgehead atoms. The third-order valence-electron chi connectivity index (χ3n) is 2.06. The van der Waals surface area contributed by atoms with E-state index in [1.807, 2.05) is 6.92 Å². The number of ether oxygens (including phenoxy) is 1. The minimum absolute atomic E-state index is 0.130. The fourth-order valence-electron chi connectivity index (χ4n) is 1.12. The molecule has 10 heteroatoms. The monoisotopic (exact) mass is 284 g/mol. The molecule has 0 fully saturated rings. The number of amides is 2. The Balaban J connectivity index is 2.86. The highest BCUT2D eigenvalue weighted by atomic mass is 16.7. The van der Waals surface area contributed by atoms with E-state index in [1.165, 1.54) is 7.11 Å². The fourth-order valence-corrected chi connectivity index (χ4v) is 1.12. The molecule has 0 saturated heterocycles. The van der Waals surface area contributed by atoms with Crippen molar-refractivity contribution >= 4 is 30.3 Å². The van der Waals surface area contributed by atoms with Gasteiger partial charge in [0.1, 0.15) is 0 Å². The summed E-state index contributed by atoms with van der Waals surface area (Å²) in [5.74, 6) is -0.451. The molecular formula is C10H16N6O4. The molecule has 10 nitrogen and oxygen atoms in total. The van der Waals surface area contributed by atoms with Gasteiger partial charge in [-0.15, -0.1) is 0 Å². The third kappa shape index (κ3) is 4.65. The Labute approximate surface area is 115 Å². The number of anilines is 3. The SMILES string of the molecule is CCCCON(C=O)c1nc(N)nc(NC(=O)OC)n1. The molecule has 0 aliphatic heterocycles. The minimum atomic E-state index is -0.772. The Bertz CT molecular complexity index is 469. The second-order valence-corrected chi connectivity index (χ2v) is 3.55. The van der Waals surface area contributed by atoms with Gasteiger partial charge in [-0.05, 0) is 6.42 Å². The van der Waals surface area contributed by atoms with Crippen molar-refractivity contribution in [1.29, 1.82) is 0 Å². The molecule has 0 aliphatic carbocycles. The van der Waals surface area contributed by atoms with Gasteiger partial charge in [-0.1, -0.05) is 13.3 Å². The van der Waals surface area contributed by atoms with E-state index in [1.54, 1.807) is 0 Å². The lowest BCUT2D eigenvalue weighted by molar-refractivity contribution is -0.114. The topological polar surface area (TPSA) is 133 Å². The number of nitrogen functional groups attached to an aromatic ring is 1. The first kappa shape index (κ1) is 15.6. The van der Waals surface area contributed by atoms with Gasteiger partial charge >= 0.3 is 6.09 Å². The predicted octanol–water partition coefficient (Wildman–Crippen LogP) is 0.327. The predicted molar refractivity (Wildman–Crippen MR) is 69.7 cm³/mol. The van der Waals surface area contributed by atoms with Crippen LogP contribution in [0.2, 0.25) is 0 Å². The molecule has 2 amide bonds. The maximum atomic E-state index is 11.1. The average molecular weight is 284 g/mol. The molecule has 0 radical (unpaired) electrons. The van der Waals surface area contributed by atoms with Crippen LogP contribution in [0.5, 0.6) is 0 Å². The van der Waals surface area contributed by atoms with E-state index in [0.717, 1.165) is 17.9 Å². The number of nitrogens with one attached hydrogen (secondary N) is 1. The summed E-state index contributed by atoms with van der Waals surface area (Å²) < 4.78 is 4.39. The standard InChI is InChI=1S/C10H16N6O4/c1-3-4-5-20-16(6-17)9-13-7(11)12-8(14-9)15-10(18)19-2/h6H,3-5H2,1-2H3,(H3,11,12,13,14,15,18). The van der Waals surface area contributed by atoms with Crippen LogP contribution in [0.25, 0.3) is 0 Å². The zero-order valence-corrected chi connectivity index (χ0v) is 11.2. The zero-order chi connectivity index (χ0) is 15.0. The van der Waals surface area contributed by atoms with Crippen LogP contribution in [-0.4, -0.2) is 41.2 Å². The van der Waals surface area contributed by atoms with Crippen molar-refractivity contribution in [2.24, 2.45) is 0 Å². The Hall–Kier alpha value is -2.49. The number of unbranched alkanes of at least 4 members (excludes halogenated alkanes) is 1. The Kier molecular flexibility index (Phi) is 6.10. The normalized spacial score (nSPS) is 9.90. The molecule has 1 rings (SSSR count). The number of rotatable bonds is 7. The van der Waals surface area contributed by atoms with E-state index in [4.69, 9.17) is 10.6 Å². The minimum Gasteiger partial charge on any atom is -0.453 e. The maximum absolute atomic E-state index is 11.1. The second-order valence-electron chi connectivity index (χ2n) is 3.55. The highest BCUT2D eigenvalue weighted by Gasteiger charge is 2.14. The average Bonchev–Trinajstić information content (AvgIpc) is 2.42. The summed E-state index contributed by atoms with van der Waals surface area (Å²) in [6.07, 6.45) is 1.29. The van der Waals surface area contributed by atoms with Gasteiger partial charge in [0.15, 0.2) is 0 Å². The van der Waals surface area contributed by atoms with E-state index in [2.05, 4.69) is 25.0 Å². The van der Waals surface area contributed by atoms with Crippen LogP contribution >= 0.6 is 0 Å². The quantitative estimate of drug-likeness (QED) is 0.415. The number of carbonyl (C=O) groups excluding carboxylic acids is 2. The molecule has 1 aromatic heterocycles. The molecule has 0 aliphatic rings. The summed E-state index contributed by atoms with van der Waals surface area (Å²) >= 11 is 0. The van der Waals surface area contributed by atoms with Crippen molar-refractivity contribution < 1.29 is 19.2 Å². The van der Waals surface area contributed by atoms with Crippen LogP contribution in [0, 0.1) is 0 Å². The first-order chi connectivity index (χ1) is 9.60. The van der Waals surface area contributed by atoms with Crippen LogP contribution in [0.15, 0.2) is 0 Å². The van der Waals surface area contributed by atoms with Crippen LogP contribution < -0.4 is 16.1 Å². The van der Waals surface area contributed by atoms with Gasteiger partial charge in [-0.3, -0.25) is 14.9 Å². The molecular weight excluding hydrogens is 268 g/mol. The van der Waals surface area contributed by atoms with Crippen molar-refractivity contribution in [2.75, 3.05) is 29.8 Å². The number of hydrogen-bond donors (Lipinski definition) is 2. The molecule has 1 aromatic rings. The molecule has 0 saturated carbocycles. The lowest BCUT2D eigenvalue weighted by Crippen LogP contribution is -2.26. The van der Waals surface area contributed by atoms with Crippen molar-refractivity contribution in [3.05, 3.63) is 0 Å². The van der Waals surface area contributed by atoms with Crippen molar-refractivity contribution in [3.63, 3.8) is 0 Å². The van der Waals surface area contributed by atoms with Gasteiger partial charge in [-0.25, -0.2) is 4.79 Å². The lowest BCUT2D eigenvalue weighted by Gasteiger charge is -2.15. The van der Waals surface area contributed by atoms with Crippen molar-refractivity contribution in [2.45, 2.75) is 19.8 Å². The maximum Gasteiger partial charge on any atom is 0.413 e. The molecule has 20 heavy (non-hydrogen) atoms. The molecule has 0 unspecified atom stereocenters. The van der Waals surface area contributed by atoms with Gasteiger partial charge in [0, 0.05) is 0 Å². The summed E-state index contributed by atoms with van der Waals surface area (Å²) in [6, 6.07) is 0. The third-order valence-corrected chi connectivity index (χ3v) is 2.06. The summed E-state index contributed by atoms with van der Waals surface area (Å²) in [5, 5.41) is 3.03. The fraction of sp³-hybridized carbons (Fsp3) is 0.500. The first-order valence-corrected chi connectivity index (χ1v) is 5.84. The van der Waals surface area contributed by atoms with Crippen LogP contribution in [0.4, 0.5) is 22.6 Å². The first-order valence-electron chi connectivity index (χ1n) is 5.84. The van der Waals surface area contributed by atoms with Crippen molar-refractivity contribution in [1.82, 2.24) is 15.0 Å². The number of methoxy groups -OCH3 is 1. The smallest absolute Gasteiger partial charge is 0.413 e. The second kappa shape index (κ2) is 7.84. The van der Waals surface area contributed by atoms with Crippen molar-refractivity contribution in [3.8, 4) is 0 Å². The molecule has 0 aromatic carbocycles. The van der Waals surface area contributed by atoms with Gasteiger partial charge in [0.25, 0.3) is 5.95 Å². The number of aromatic nitrogens is 3. The van der Waals surface area contributed by atoms with E-state index < -0.39 is 6.09 Å². The Morgan fingerprint density at radius 3 is 2.80 bits per heavy atom. The van der Waals surface area contributed by atoms with Crippen LogP contribution in [0.3, 0.4) is 0 Å². The highest BCUT2D eigenvalue weighted by Crippen LogP contribution is 2.11. The molecule has 0 atom stereocenters. The van der Waals surface area contributed by atoms with Gasteiger partial charge in [0.05, 0.1) is 13.7 Å². The molecule has 110 valence electrons. The summed E-state index contributed by atoms with van der Waals surface area (Å²) in [5.41, 5.74) is 5.47. The summed E-state index contributed by atoms with van der Waals surface area (Å²) in [4.78, 5) is 38.4. The van der Waals surface area contributed by atoms with E-state index in [0.29, 0.717) is 13.0 Å². The van der Waals surface area contributed by atoms with E-state index in [9.17, 15) is 9.59 Å². The van der Waals surface area contributed by atoms with Gasteiger partial charge in [-0.2, -0.15) is 20.0 Å². The van der Waals surface area contributed by atoms with Crippen LogP contribution in [0.1, 0.15) is 19.8 Å². The van der Waals surface area contributed by atoms with Gasteiger partial charge in [0.2, 0.25) is 18.3 Å². The molecule has 3 N–H and O–H groups in total. The Morgan fingerprint density at radius 1 is 1.45 bits per heavy atom. The summed E-state index contributed by atoms with van der Waals surface area (Å²) in [7, 11) is 1.19. The van der Waals surface area contributed by atoms with E-state index >= 15 is 0 Å². The number of carbonyl (C=O) groups is 2. The molecule has 1 heterocycles. The van der Waals surface area contributed by atoms with Crippen LogP contribution in [-0.2, 0) is 14.4 Å². The summed E-state index contributed by atoms with van der Waals surface area (Å²) in [6.45, 7) is 2.30. The van der Waals surface area contributed by atoms with Gasteiger partial charge < -0.3 is 10.5 Å².